The van der Waals surface area contributed by atoms with E-state index in [1.165, 1.54) is 32.1 Å². The molecule has 0 bridgehead atoms. The molecule has 180 valence electrons. The number of anilines is 2. The van der Waals surface area contributed by atoms with Crippen LogP contribution >= 0.6 is 11.3 Å². The molecule has 9 heteroatoms. The van der Waals surface area contributed by atoms with Crippen LogP contribution in [-0.2, 0) is 4.74 Å². The fourth-order valence-corrected chi connectivity index (χ4v) is 5.57. The number of hydrogen-bond donors (Lipinski definition) is 1. The average molecular weight is 489 g/mol. The van der Waals surface area contributed by atoms with Gasteiger partial charge in [-0.05, 0) is 31.0 Å². The number of nitrogens with one attached hydrogen (secondary N) is 1. The molecule has 4 heterocycles. The number of rotatable bonds is 6. The lowest BCUT2D eigenvalue weighted by atomic mass is 9.96. The molecule has 2 aliphatic rings. The molecule has 4 aromatic rings. The van der Waals surface area contributed by atoms with E-state index in [-0.39, 0.29) is 0 Å². The van der Waals surface area contributed by atoms with E-state index in [2.05, 4.69) is 31.2 Å². The van der Waals surface area contributed by atoms with Crippen molar-refractivity contribution in [2.45, 2.75) is 38.1 Å². The van der Waals surface area contributed by atoms with E-state index in [1.807, 2.05) is 36.7 Å². The largest absolute Gasteiger partial charge is 0.457 e. The van der Waals surface area contributed by atoms with Crippen molar-refractivity contribution in [3.8, 4) is 22.8 Å². The van der Waals surface area contributed by atoms with Gasteiger partial charge in [-0.25, -0.2) is 15.0 Å². The van der Waals surface area contributed by atoms with Gasteiger partial charge < -0.3 is 19.7 Å². The first-order valence-electron chi connectivity index (χ1n) is 12.3. The number of aromatic nitrogens is 4. The summed E-state index contributed by atoms with van der Waals surface area (Å²) in [6, 6.07) is 10.4. The van der Waals surface area contributed by atoms with Crippen LogP contribution < -0.4 is 15.0 Å². The van der Waals surface area contributed by atoms with Crippen LogP contribution in [0.5, 0.6) is 11.5 Å². The third-order valence-electron chi connectivity index (χ3n) is 6.49. The molecule has 0 spiro atoms. The van der Waals surface area contributed by atoms with Gasteiger partial charge in [0.25, 0.3) is 0 Å². The Morgan fingerprint density at radius 1 is 0.943 bits per heavy atom. The molecule has 3 aromatic heterocycles. The average Bonchev–Trinajstić information content (AvgIpc) is 3.31. The van der Waals surface area contributed by atoms with E-state index < -0.39 is 0 Å². The molecule has 0 amide bonds. The van der Waals surface area contributed by atoms with Gasteiger partial charge in [0, 0.05) is 55.4 Å². The highest BCUT2D eigenvalue weighted by Crippen LogP contribution is 2.33. The number of benzene rings is 1. The number of ether oxygens (including phenoxy) is 2. The molecule has 1 aromatic carbocycles. The molecule has 1 saturated carbocycles. The predicted octanol–water partition coefficient (Wildman–Crippen LogP) is 5.52. The maximum Gasteiger partial charge on any atom is 0.225 e. The summed E-state index contributed by atoms with van der Waals surface area (Å²) in [6.45, 7) is 3.03. The predicted molar refractivity (Wildman–Crippen MR) is 138 cm³/mol. The number of thiazole rings is 1. The van der Waals surface area contributed by atoms with Crippen LogP contribution in [-0.4, -0.2) is 52.3 Å². The maximum atomic E-state index is 6.18. The molecule has 0 radical (unpaired) electrons. The van der Waals surface area contributed by atoms with E-state index in [0.29, 0.717) is 19.3 Å². The van der Waals surface area contributed by atoms with Gasteiger partial charge in [-0.1, -0.05) is 30.6 Å². The highest BCUT2D eigenvalue weighted by Gasteiger charge is 2.16. The molecule has 1 saturated heterocycles. The Hall–Kier alpha value is -3.30. The fourth-order valence-electron chi connectivity index (χ4n) is 4.60. The smallest absolute Gasteiger partial charge is 0.225 e. The van der Waals surface area contributed by atoms with Crippen LogP contribution in [0.3, 0.4) is 0 Å². The summed E-state index contributed by atoms with van der Waals surface area (Å²) < 4.78 is 12.7. The highest BCUT2D eigenvalue weighted by atomic mass is 32.1. The lowest BCUT2D eigenvalue weighted by Gasteiger charge is -2.26. The van der Waals surface area contributed by atoms with Crippen LogP contribution in [0, 0.1) is 0 Å². The van der Waals surface area contributed by atoms with E-state index in [1.54, 1.807) is 17.5 Å². The van der Waals surface area contributed by atoms with Crippen LogP contribution in [0.15, 0.2) is 48.9 Å². The fraction of sp³-hybridized carbons (Fsp3) is 0.385. The van der Waals surface area contributed by atoms with E-state index >= 15 is 0 Å². The molecule has 1 aliphatic heterocycles. The monoisotopic (exact) mass is 488 g/mol. The van der Waals surface area contributed by atoms with Crippen LogP contribution in [0.1, 0.15) is 32.1 Å². The molecule has 2 fully saturated rings. The first kappa shape index (κ1) is 22.2. The maximum absolute atomic E-state index is 6.18. The topological polar surface area (TPSA) is 85.3 Å². The molecule has 0 atom stereocenters. The Balaban J connectivity index is 1.15. The molecule has 1 N–H and O–H groups in total. The van der Waals surface area contributed by atoms with Crippen molar-refractivity contribution < 1.29 is 9.47 Å². The zero-order valence-electron chi connectivity index (χ0n) is 19.5. The first-order valence-corrected chi connectivity index (χ1v) is 13.1. The van der Waals surface area contributed by atoms with Crippen molar-refractivity contribution in [2.24, 2.45) is 0 Å². The summed E-state index contributed by atoms with van der Waals surface area (Å²) in [4.78, 5) is 20.5. The third kappa shape index (κ3) is 5.21. The Labute approximate surface area is 208 Å². The van der Waals surface area contributed by atoms with Crippen LogP contribution in [0.2, 0.25) is 0 Å². The van der Waals surface area contributed by atoms with Gasteiger partial charge in [0.1, 0.15) is 11.5 Å². The zero-order valence-corrected chi connectivity index (χ0v) is 20.3. The van der Waals surface area contributed by atoms with E-state index in [4.69, 9.17) is 14.5 Å². The quantitative estimate of drug-likeness (QED) is 0.380. The second kappa shape index (κ2) is 10.1. The number of nitrogens with zero attached hydrogens (tertiary/aromatic N) is 5. The number of fused-ring (bicyclic) bond motifs is 1. The van der Waals surface area contributed by atoms with Gasteiger partial charge in [0.15, 0.2) is 5.13 Å². The normalized spacial score (nSPS) is 17.0. The summed E-state index contributed by atoms with van der Waals surface area (Å²) in [5.74, 6) is 2.22. The van der Waals surface area contributed by atoms with Gasteiger partial charge in [0.2, 0.25) is 5.95 Å². The second-order valence-electron chi connectivity index (χ2n) is 8.98. The van der Waals surface area contributed by atoms with Gasteiger partial charge in [-0.15, -0.1) is 0 Å². The minimum atomic E-state index is 0.544. The lowest BCUT2D eigenvalue weighted by molar-refractivity contribution is 0.122. The molecular formula is C26H28N6O2S. The standard InChI is InChI=1S/C26H28N6O2S/c1-2-4-19(5-3-1)30-26-31-22-7-6-20(15-24(22)35-26)34-21-8-9-27-23(14-21)18-16-28-25(29-17-18)32-10-12-33-13-11-32/h6-9,14-17,19H,1-5,10-13H2,(H,30,31). The minimum Gasteiger partial charge on any atom is -0.457 e. The Kier molecular flexibility index (Phi) is 6.42. The number of hydrogen-bond acceptors (Lipinski definition) is 9. The zero-order chi connectivity index (χ0) is 23.5. The number of morpholine rings is 1. The summed E-state index contributed by atoms with van der Waals surface area (Å²) in [5, 5.41) is 4.62. The molecule has 8 nitrogen and oxygen atoms in total. The summed E-state index contributed by atoms with van der Waals surface area (Å²) in [5.41, 5.74) is 2.62. The van der Waals surface area contributed by atoms with Gasteiger partial charge >= 0.3 is 0 Å². The van der Waals surface area contributed by atoms with Crippen molar-refractivity contribution in [3.05, 3.63) is 48.9 Å². The molecular weight excluding hydrogens is 460 g/mol. The Morgan fingerprint density at radius 3 is 2.57 bits per heavy atom. The van der Waals surface area contributed by atoms with Gasteiger partial charge in [-0.3, -0.25) is 4.98 Å². The first-order chi connectivity index (χ1) is 17.3. The van der Waals surface area contributed by atoms with Crippen molar-refractivity contribution in [1.82, 2.24) is 19.9 Å². The summed E-state index contributed by atoms with van der Waals surface area (Å²) >= 11 is 1.69. The Bertz CT molecular complexity index is 1280. The molecule has 1 aliphatic carbocycles. The van der Waals surface area contributed by atoms with E-state index in [9.17, 15) is 0 Å². The highest BCUT2D eigenvalue weighted by molar-refractivity contribution is 7.22. The molecule has 6 rings (SSSR count). The summed E-state index contributed by atoms with van der Waals surface area (Å²) in [6.07, 6.45) is 11.8. The van der Waals surface area contributed by atoms with Crippen molar-refractivity contribution in [1.29, 1.82) is 0 Å². The second-order valence-corrected chi connectivity index (χ2v) is 10.0. The van der Waals surface area contributed by atoms with Crippen molar-refractivity contribution >= 4 is 32.6 Å². The van der Waals surface area contributed by atoms with Gasteiger partial charge in [0.05, 0.1) is 29.1 Å². The van der Waals surface area contributed by atoms with E-state index in [0.717, 1.165) is 57.1 Å². The van der Waals surface area contributed by atoms with Crippen LogP contribution in [0.25, 0.3) is 21.5 Å². The Morgan fingerprint density at radius 2 is 1.74 bits per heavy atom. The molecule has 0 unspecified atom stereocenters. The number of pyridine rings is 1. The molecule has 35 heavy (non-hydrogen) atoms. The third-order valence-corrected chi connectivity index (χ3v) is 7.44. The lowest BCUT2D eigenvalue weighted by Crippen LogP contribution is -2.37. The van der Waals surface area contributed by atoms with Crippen LogP contribution in [0.4, 0.5) is 11.1 Å². The van der Waals surface area contributed by atoms with Gasteiger partial charge in [-0.2, -0.15) is 0 Å². The minimum absolute atomic E-state index is 0.544. The van der Waals surface area contributed by atoms with Crippen molar-refractivity contribution in [3.63, 3.8) is 0 Å². The summed E-state index contributed by atoms with van der Waals surface area (Å²) in [7, 11) is 0. The SMILES string of the molecule is c1cc(Oc2ccc3nc(NC4CCCCC4)sc3c2)cc(-c2cnc(N3CCOCC3)nc2)n1. The van der Waals surface area contributed by atoms with Crippen molar-refractivity contribution in [2.75, 3.05) is 36.5 Å².